The van der Waals surface area contributed by atoms with Crippen LogP contribution in [0, 0.1) is 0 Å². The van der Waals surface area contributed by atoms with Gasteiger partial charge in [-0.15, -0.1) is 0 Å². The molecule has 0 atom stereocenters. The first-order valence-corrected chi connectivity index (χ1v) is 8.43. The number of nitrogens with one attached hydrogen (secondary N) is 1. The van der Waals surface area contributed by atoms with Gasteiger partial charge in [-0.2, -0.15) is 4.37 Å². The molecule has 1 amide bonds. The number of hydrogen-bond acceptors (Lipinski definition) is 5. The lowest BCUT2D eigenvalue weighted by molar-refractivity contribution is -0.116. The molecule has 2 aromatic heterocycles. The van der Waals surface area contributed by atoms with Gasteiger partial charge in [-0.3, -0.25) is 18.7 Å². The third kappa shape index (κ3) is 2.54. The minimum atomic E-state index is -0.446. The lowest BCUT2D eigenvalue weighted by Gasteiger charge is -2.11. The molecular formula is C16H14N4O3S. The van der Waals surface area contributed by atoms with Crippen LogP contribution in [0.15, 0.2) is 45.3 Å². The summed E-state index contributed by atoms with van der Waals surface area (Å²) in [5.41, 5.74) is 0.511. The van der Waals surface area contributed by atoms with Crippen LogP contribution in [-0.2, 0) is 11.3 Å². The molecule has 0 saturated heterocycles. The molecule has 1 aliphatic rings. The van der Waals surface area contributed by atoms with E-state index in [1.165, 1.54) is 9.13 Å². The number of amides is 1. The van der Waals surface area contributed by atoms with Crippen LogP contribution in [0.3, 0.4) is 0 Å². The second-order valence-corrected chi connectivity index (χ2v) is 6.37. The number of aromatic nitrogens is 3. The van der Waals surface area contributed by atoms with Gasteiger partial charge in [-0.1, -0.05) is 18.2 Å². The molecule has 24 heavy (non-hydrogen) atoms. The van der Waals surface area contributed by atoms with E-state index in [4.69, 9.17) is 0 Å². The van der Waals surface area contributed by atoms with Gasteiger partial charge in [0.15, 0.2) is 5.52 Å². The fraction of sp³-hybridized carbons (Fsp3) is 0.250. The minimum absolute atomic E-state index is 0.0699. The molecule has 0 aliphatic heterocycles. The minimum Gasteiger partial charge on any atom is -0.325 e. The average molecular weight is 342 g/mol. The maximum Gasteiger partial charge on any atom is 0.332 e. The van der Waals surface area contributed by atoms with Gasteiger partial charge in [0.2, 0.25) is 5.91 Å². The molecule has 1 fully saturated rings. The lowest BCUT2D eigenvalue weighted by atomic mass is 10.3. The Morgan fingerprint density at radius 1 is 1.25 bits per heavy atom. The van der Waals surface area contributed by atoms with Gasteiger partial charge in [0.1, 0.15) is 6.54 Å². The van der Waals surface area contributed by atoms with Crippen molar-refractivity contribution in [3.05, 3.63) is 56.5 Å². The number of carbonyl (C=O) groups is 1. The SMILES string of the molecule is O=C(Cn1c(=O)n(C2CC2)c(=O)c2nscc21)Nc1ccccc1. The largest absolute Gasteiger partial charge is 0.332 e. The zero-order valence-electron chi connectivity index (χ0n) is 12.6. The van der Waals surface area contributed by atoms with Crippen molar-refractivity contribution >= 4 is 34.2 Å². The highest BCUT2D eigenvalue weighted by Crippen LogP contribution is 2.32. The fourth-order valence-electron chi connectivity index (χ4n) is 2.68. The van der Waals surface area contributed by atoms with Crippen molar-refractivity contribution in [1.29, 1.82) is 0 Å². The zero-order chi connectivity index (χ0) is 16.7. The maximum absolute atomic E-state index is 12.7. The van der Waals surface area contributed by atoms with Crippen LogP contribution < -0.4 is 16.6 Å². The predicted molar refractivity (Wildman–Crippen MR) is 91.5 cm³/mol. The van der Waals surface area contributed by atoms with Gasteiger partial charge in [-0.25, -0.2) is 4.79 Å². The van der Waals surface area contributed by atoms with E-state index < -0.39 is 5.69 Å². The molecule has 122 valence electrons. The Labute approximate surface area is 140 Å². The number of rotatable bonds is 4. The monoisotopic (exact) mass is 342 g/mol. The van der Waals surface area contributed by atoms with Crippen molar-refractivity contribution < 1.29 is 4.79 Å². The highest BCUT2D eigenvalue weighted by Gasteiger charge is 2.29. The van der Waals surface area contributed by atoms with Crippen LogP contribution in [0.5, 0.6) is 0 Å². The molecule has 2 heterocycles. The van der Waals surface area contributed by atoms with Gasteiger partial charge in [0, 0.05) is 17.1 Å². The van der Waals surface area contributed by atoms with Crippen LogP contribution >= 0.6 is 11.5 Å². The molecule has 1 aliphatic carbocycles. The summed E-state index contributed by atoms with van der Waals surface area (Å²) in [7, 11) is 0. The topological polar surface area (TPSA) is 86.0 Å². The number of nitrogens with zero attached hydrogens (tertiary/aromatic N) is 3. The second kappa shape index (κ2) is 5.72. The molecule has 3 aromatic rings. The van der Waals surface area contributed by atoms with Crippen LogP contribution in [0.1, 0.15) is 18.9 Å². The molecule has 4 rings (SSSR count). The lowest BCUT2D eigenvalue weighted by Crippen LogP contribution is -2.41. The Morgan fingerprint density at radius 2 is 2.00 bits per heavy atom. The summed E-state index contributed by atoms with van der Waals surface area (Å²) in [5.74, 6) is -0.322. The van der Waals surface area contributed by atoms with Gasteiger partial charge in [-0.05, 0) is 36.5 Å². The van der Waals surface area contributed by atoms with Crippen LogP contribution in [0.2, 0.25) is 0 Å². The first-order chi connectivity index (χ1) is 11.6. The Bertz CT molecular complexity index is 1030. The van der Waals surface area contributed by atoms with E-state index in [1.54, 1.807) is 17.5 Å². The Morgan fingerprint density at radius 3 is 2.71 bits per heavy atom. The Balaban J connectivity index is 1.74. The summed E-state index contributed by atoms with van der Waals surface area (Å²) in [6.07, 6.45) is 1.61. The van der Waals surface area contributed by atoms with Crippen LogP contribution in [0.25, 0.3) is 11.0 Å². The highest BCUT2D eigenvalue weighted by atomic mass is 32.1. The molecule has 0 spiro atoms. The van der Waals surface area contributed by atoms with E-state index >= 15 is 0 Å². The molecule has 1 aromatic carbocycles. The van der Waals surface area contributed by atoms with Crippen molar-refractivity contribution in [1.82, 2.24) is 13.5 Å². The summed E-state index contributed by atoms with van der Waals surface area (Å²) in [4.78, 5) is 37.4. The van der Waals surface area contributed by atoms with E-state index in [1.807, 2.05) is 18.2 Å². The molecule has 8 heteroatoms. The normalized spacial score (nSPS) is 14.0. The van der Waals surface area contributed by atoms with Crippen molar-refractivity contribution in [3.8, 4) is 0 Å². The van der Waals surface area contributed by atoms with E-state index in [0.717, 1.165) is 24.4 Å². The zero-order valence-corrected chi connectivity index (χ0v) is 13.5. The molecular weight excluding hydrogens is 328 g/mol. The van der Waals surface area contributed by atoms with Crippen molar-refractivity contribution in [2.75, 3.05) is 5.32 Å². The summed E-state index contributed by atoms with van der Waals surface area (Å²) in [6, 6.07) is 8.96. The van der Waals surface area contributed by atoms with Crippen molar-refractivity contribution in [3.63, 3.8) is 0 Å². The van der Waals surface area contributed by atoms with E-state index in [9.17, 15) is 14.4 Å². The first-order valence-electron chi connectivity index (χ1n) is 7.59. The standard InChI is InChI=1S/C16H14N4O3S/c21-13(17-10-4-2-1-3-5-10)8-19-12-9-24-18-14(12)15(22)20(16(19)23)11-6-7-11/h1-5,9,11H,6-8H2,(H,17,21). The molecule has 0 unspecified atom stereocenters. The van der Waals surface area contributed by atoms with Gasteiger partial charge >= 0.3 is 5.69 Å². The van der Waals surface area contributed by atoms with Crippen LogP contribution in [0.4, 0.5) is 5.69 Å². The number of anilines is 1. The predicted octanol–water partition coefficient (Wildman–Crippen LogP) is 1.59. The summed E-state index contributed by atoms with van der Waals surface area (Å²) in [6.45, 7) is -0.157. The van der Waals surface area contributed by atoms with E-state index in [2.05, 4.69) is 9.69 Å². The number of carbonyl (C=O) groups excluding carboxylic acids is 1. The van der Waals surface area contributed by atoms with Gasteiger partial charge in [0.05, 0.1) is 5.52 Å². The Kier molecular flexibility index (Phi) is 3.53. The Hall–Kier alpha value is -2.74. The molecule has 1 N–H and O–H groups in total. The van der Waals surface area contributed by atoms with Crippen molar-refractivity contribution in [2.24, 2.45) is 0 Å². The van der Waals surface area contributed by atoms with E-state index in [-0.39, 0.29) is 29.6 Å². The first kappa shape index (κ1) is 14.8. The third-order valence-electron chi connectivity index (χ3n) is 3.97. The quantitative estimate of drug-likeness (QED) is 0.780. The van der Waals surface area contributed by atoms with Gasteiger partial charge in [0.25, 0.3) is 5.56 Å². The average Bonchev–Trinajstić information content (AvgIpc) is 3.27. The summed E-state index contributed by atoms with van der Waals surface area (Å²) < 4.78 is 6.66. The molecule has 0 radical (unpaired) electrons. The third-order valence-corrected chi connectivity index (χ3v) is 4.59. The molecule has 7 nitrogen and oxygen atoms in total. The number of fused-ring (bicyclic) bond motifs is 1. The smallest absolute Gasteiger partial charge is 0.325 e. The van der Waals surface area contributed by atoms with Gasteiger partial charge < -0.3 is 5.32 Å². The summed E-state index contributed by atoms with van der Waals surface area (Å²) >= 11 is 1.11. The van der Waals surface area contributed by atoms with E-state index in [0.29, 0.717) is 11.2 Å². The number of hydrogen-bond donors (Lipinski definition) is 1. The highest BCUT2D eigenvalue weighted by molar-refractivity contribution is 7.04. The fourth-order valence-corrected chi connectivity index (χ4v) is 3.35. The molecule has 0 bridgehead atoms. The molecule has 1 saturated carbocycles. The maximum atomic E-state index is 12.7. The number of para-hydroxylation sites is 1. The van der Waals surface area contributed by atoms with Crippen LogP contribution in [-0.4, -0.2) is 19.4 Å². The second-order valence-electron chi connectivity index (χ2n) is 5.74. The number of benzene rings is 1. The summed E-state index contributed by atoms with van der Waals surface area (Å²) in [5, 5.41) is 4.38. The van der Waals surface area contributed by atoms with Crippen molar-refractivity contribution in [2.45, 2.75) is 25.4 Å².